The Kier molecular flexibility index (Phi) is 2.79. The van der Waals surface area contributed by atoms with E-state index in [9.17, 15) is 8.42 Å². The number of thioether (sulfide) groups is 1. The van der Waals surface area contributed by atoms with Crippen molar-refractivity contribution in [3.63, 3.8) is 0 Å². The van der Waals surface area contributed by atoms with Crippen LogP contribution in [0, 0.1) is 0 Å². The van der Waals surface area contributed by atoms with Gasteiger partial charge in [-0.2, -0.15) is 0 Å². The van der Waals surface area contributed by atoms with Gasteiger partial charge in [0.2, 0.25) is 10.0 Å². The molecule has 2 atom stereocenters. The van der Waals surface area contributed by atoms with E-state index in [1.807, 2.05) is 6.92 Å². The van der Waals surface area contributed by atoms with E-state index in [1.54, 1.807) is 11.8 Å². The van der Waals surface area contributed by atoms with E-state index >= 15 is 0 Å². The van der Waals surface area contributed by atoms with Gasteiger partial charge in [0.05, 0.1) is 17.0 Å². The molecule has 0 aromatic rings. The van der Waals surface area contributed by atoms with Gasteiger partial charge in [0.25, 0.3) is 0 Å². The molecule has 1 aliphatic rings. The van der Waals surface area contributed by atoms with Crippen LogP contribution in [0.3, 0.4) is 0 Å². The van der Waals surface area contributed by atoms with Crippen molar-refractivity contribution in [2.75, 3.05) is 12.8 Å². The summed E-state index contributed by atoms with van der Waals surface area (Å²) in [6.45, 7) is 2.72. The fraction of sp³-hybridized carbons (Fsp3) is 1.00. The van der Waals surface area contributed by atoms with Crippen molar-refractivity contribution >= 4 is 21.8 Å². The first kappa shape index (κ1) is 9.31. The van der Waals surface area contributed by atoms with Crippen molar-refractivity contribution in [2.45, 2.75) is 17.7 Å². The van der Waals surface area contributed by atoms with Crippen LogP contribution in [0.1, 0.15) is 6.92 Å². The van der Waals surface area contributed by atoms with E-state index < -0.39 is 10.0 Å². The number of nitrogens with one attached hydrogen (secondary N) is 2. The molecule has 66 valence electrons. The molecule has 1 fully saturated rings. The van der Waals surface area contributed by atoms with Gasteiger partial charge < -0.3 is 5.32 Å². The first-order chi connectivity index (χ1) is 4.97. The first-order valence-electron chi connectivity index (χ1n) is 3.33. The van der Waals surface area contributed by atoms with E-state index in [0.29, 0.717) is 11.9 Å². The van der Waals surface area contributed by atoms with Crippen molar-refractivity contribution in [3.05, 3.63) is 0 Å². The molecule has 1 aliphatic heterocycles. The lowest BCUT2D eigenvalue weighted by Crippen LogP contribution is -2.33. The van der Waals surface area contributed by atoms with Crippen molar-refractivity contribution in [3.8, 4) is 0 Å². The fourth-order valence-corrected chi connectivity index (χ4v) is 3.11. The molecule has 0 aromatic heterocycles. The van der Waals surface area contributed by atoms with Gasteiger partial charge in [-0.3, -0.25) is 0 Å². The maximum atomic E-state index is 10.7. The zero-order valence-corrected chi connectivity index (χ0v) is 8.13. The van der Waals surface area contributed by atoms with Crippen molar-refractivity contribution in [1.29, 1.82) is 0 Å². The summed E-state index contributed by atoms with van der Waals surface area (Å²) in [6.07, 6.45) is 1.18. The summed E-state index contributed by atoms with van der Waals surface area (Å²) in [6, 6.07) is 0. The summed E-state index contributed by atoms with van der Waals surface area (Å²) in [4.78, 5) is 0. The van der Waals surface area contributed by atoms with Crippen LogP contribution in [0.25, 0.3) is 0 Å². The Bertz CT molecular complexity index is 227. The lowest BCUT2D eigenvalue weighted by molar-refractivity contribution is 0.581. The van der Waals surface area contributed by atoms with Crippen molar-refractivity contribution in [2.24, 2.45) is 0 Å². The predicted octanol–water partition coefficient (Wildman–Crippen LogP) is -0.456. The molecular weight excluding hydrogens is 184 g/mol. The summed E-state index contributed by atoms with van der Waals surface area (Å²) in [7, 11) is -3.04. The molecule has 2 N–H and O–H groups in total. The minimum absolute atomic E-state index is 0.000000000000000222. The van der Waals surface area contributed by atoms with Crippen molar-refractivity contribution in [1.82, 2.24) is 10.0 Å². The van der Waals surface area contributed by atoms with E-state index in [-0.39, 0.29) is 5.37 Å². The highest BCUT2D eigenvalue weighted by Crippen LogP contribution is 2.19. The highest BCUT2D eigenvalue weighted by Gasteiger charge is 2.23. The van der Waals surface area contributed by atoms with Gasteiger partial charge >= 0.3 is 0 Å². The summed E-state index contributed by atoms with van der Waals surface area (Å²) < 4.78 is 24.0. The number of sulfonamides is 1. The van der Waals surface area contributed by atoms with E-state index in [1.165, 1.54) is 6.26 Å². The molecule has 0 spiro atoms. The molecule has 6 heteroatoms. The monoisotopic (exact) mass is 196 g/mol. The molecule has 0 bridgehead atoms. The highest BCUT2D eigenvalue weighted by atomic mass is 32.2. The second-order valence-electron chi connectivity index (χ2n) is 2.57. The van der Waals surface area contributed by atoms with Crippen LogP contribution in [-0.2, 0) is 10.0 Å². The van der Waals surface area contributed by atoms with Crippen LogP contribution in [0.5, 0.6) is 0 Å². The van der Waals surface area contributed by atoms with Gasteiger partial charge in [-0.25, -0.2) is 13.1 Å². The largest absolute Gasteiger partial charge is 0.303 e. The molecule has 0 saturated carbocycles. The molecule has 1 saturated heterocycles. The normalized spacial score (nSPS) is 32.5. The molecule has 1 heterocycles. The van der Waals surface area contributed by atoms with Crippen LogP contribution in [0.2, 0.25) is 0 Å². The summed E-state index contributed by atoms with van der Waals surface area (Å²) in [5, 5.41) is 3.47. The van der Waals surface area contributed by atoms with Gasteiger partial charge in [-0.1, -0.05) is 0 Å². The Hall–Kier alpha value is 0.220. The Morgan fingerprint density at radius 1 is 1.64 bits per heavy atom. The van der Waals surface area contributed by atoms with Crippen LogP contribution >= 0.6 is 11.8 Å². The van der Waals surface area contributed by atoms with Gasteiger partial charge in [-0.05, 0) is 6.92 Å². The molecule has 1 rings (SSSR count). The van der Waals surface area contributed by atoms with Gasteiger partial charge in [-0.15, -0.1) is 11.8 Å². The third-order valence-electron chi connectivity index (χ3n) is 1.30. The minimum atomic E-state index is -3.04. The van der Waals surface area contributed by atoms with Crippen LogP contribution < -0.4 is 10.0 Å². The molecule has 0 aromatic carbocycles. The Morgan fingerprint density at radius 3 is 2.64 bits per heavy atom. The Labute approximate surface area is 71.2 Å². The number of hydrogen-bond acceptors (Lipinski definition) is 4. The topological polar surface area (TPSA) is 58.2 Å². The van der Waals surface area contributed by atoms with Crippen molar-refractivity contribution < 1.29 is 8.42 Å². The standard InChI is InChI=1S/C5H12N2O2S2/c1-4-6-3-5(10-4)7-11(2,8)9/h4-7H,3H2,1-2H3/t4-,5?/m0/s1. The molecule has 11 heavy (non-hydrogen) atoms. The van der Waals surface area contributed by atoms with Gasteiger partial charge in [0, 0.05) is 6.54 Å². The van der Waals surface area contributed by atoms with Crippen LogP contribution in [0.4, 0.5) is 0 Å². The SMILES string of the molecule is C[C@H]1NCC(NS(C)(=O)=O)S1. The number of rotatable bonds is 2. The summed E-state index contributed by atoms with van der Waals surface area (Å²) in [5.41, 5.74) is 0. The quantitative estimate of drug-likeness (QED) is 0.628. The highest BCUT2D eigenvalue weighted by molar-refractivity contribution is 8.01. The maximum absolute atomic E-state index is 10.7. The zero-order valence-electron chi connectivity index (χ0n) is 6.49. The molecular formula is C5H12N2O2S2. The smallest absolute Gasteiger partial charge is 0.209 e. The first-order valence-corrected chi connectivity index (χ1v) is 6.17. The summed E-state index contributed by atoms with van der Waals surface area (Å²) in [5.74, 6) is 0. The minimum Gasteiger partial charge on any atom is -0.303 e. The Balaban J connectivity index is 2.41. The predicted molar refractivity (Wildman–Crippen MR) is 46.8 cm³/mol. The maximum Gasteiger partial charge on any atom is 0.209 e. The third kappa shape index (κ3) is 3.42. The molecule has 0 aliphatic carbocycles. The van der Waals surface area contributed by atoms with Crippen LogP contribution in [-0.4, -0.2) is 32.0 Å². The Morgan fingerprint density at radius 2 is 2.27 bits per heavy atom. The van der Waals surface area contributed by atoms with Crippen LogP contribution in [0.15, 0.2) is 0 Å². The summed E-state index contributed by atoms with van der Waals surface area (Å²) >= 11 is 1.59. The molecule has 0 radical (unpaired) electrons. The lowest BCUT2D eigenvalue weighted by Gasteiger charge is -2.07. The van der Waals surface area contributed by atoms with E-state index in [4.69, 9.17) is 0 Å². The number of hydrogen-bond donors (Lipinski definition) is 2. The van der Waals surface area contributed by atoms with E-state index in [0.717, 1.165) is 0 Å². The zero-order chi connectivity index (χ0) is 8.48. The van der Waals surface area contributed by atoms with Gasteiger partial charge in [0.1, 0.15) is 0 Å². The van der Waals surface area contributed by atoms with E-state index in [2.05, 4.69) is 10.0 Å². The second kappa shape index (κ2) is 3.30. The second-order valence-corrected chi connectivity index (χ2v) is 5.89. The molecule has 0 amide bonds. The molecule has 4 nitrogen and oxygen atoms in total. The average Bonchev–Trinajstić information content (AvgIpc) is 2.10. The lowest BCUT2D eigenvalue weighted by atomic mass is 10.6. The third-order valence-corrected chi connectivity index (χ3v) is 3.35. The molecule has 1 unspecified atom stereocenters. The average molecular weight is 196 g/mol. The van der Waals surface area contributed by atoms with Gasteiger partial charge in [0.15, 0.2) is 0 Å². The fourth-order valence-electron chi connectivity index (χ4n) is 0.924.